The Balaban J connectivity index is 1.60. The van der Waals surface area contributed by atoms with Crippen molar-refractivity contribution in [1.82, 2.24) is 9.80 Å². The molecule has 0 spiro atoms. The first-order chi connectivity index (χ1) is 19.4. The van der Waals surface area contributed by atoms with Crippen LogP contribution in [0.4, 0.5) is 16.2 Å². The molecule has 2 unspecified atom stereocenters. The van der Waals surface area contributed by atoms with Crippen LogP contribution in [0.3, 0.4) is 0 Å². The molecule has 1 saturated heterocycles. The molecule has 1 fully saturated rings. The third-order valence-electron chi connectivity index (χ3n) is 7.24. The van der Waals surface area contributed by atoms with Gasteiger partial charge in [0.25, 0.3) is 0 Å². The molecule has 4 N–H and O–H groups in total. The Morgan fingerprint density at radius 2 is 0.875 bits per heavy atom. The molecule has 202 valence electrons. The van der Waals surface area contributed by atoms with Crippen molar-refractivity contribution in [2.75, 3.05) is 11.5 Å². The Kier molecular flexibility index (Phi) is 7.92. The molecule has 0 aromatic heterocycles. The van der Waals surface area contributed by atoms with Gasteiger partial charge in [-0.15, -0.1) is 0 Å². The number of nitrogens with two attached hydrogens (primary N) is 2. The highest BCUT2D eigenvalue weighted by Crippen LogP contribution is 2.27. The van der Waals surface area contributed by atoms with Crippen LogP contribution in [0.25, 0.3) is 0 Å². The van der Waals surface area contributed by atoms with E-state index in [0.717, 1.165) is 22.3 Å². The maximum atomic E-state index is 14.5. The highest BCUT2D eigenvalue weighted by Gasteiger charge is 2.46. The summed E-state index contributed by atoms with van der Waals surface area (Å²) in [5.41, 5.74) is 16.5. The molecule has 5 rings (SSSR count). The second-order valence-electron chi connectivity index (χ2n) is 10.2. The molecule has 1 aliphatic rings. The molecule has 4 aromatic rings. The van der Waals surface area contributed by atoms with Crippen molar-refractivity contribution in [2.24, 2.45) is 0 Å². The third kappa shape index (κ3) is 6.04. The van der Waals surface area contributed by atoms with Crippen molar-refractivity contribution < 1.29 is 14.4 Å². The fourth-order valence-electron chi connectivity index (χ4n) is 5.26. The lowest BCUT2D eigenvalue weighted by molar-refractivity contribution is -0.140. The minimum Gasteiger partial charge on any atom is -0.399 e. The van der Waals surface area contributed by atoms with Crippen molar-refractivity contribution >= 4 is 29.0 Å². The Bertz CT molecular complexity index is 1390. The van der Waals surface area contributed by atoms with Gasteiger partial charge in [-0.25, -0.2) is 4.79 Å². The summed E-state index contributed by atoms with van der Waals surface area (Å²) in [7, 11) is 0. The number of hydrogen-bond donors (Lipinski definition) is 2. The molecule has 40 heavy (non-hydrogen) atoms. The van der Waals surface area contributed by atoms with Gasteiger partial charge in [-0.2, -0.15) is 0 Å². The highest BCUT2D eigenvalue weighted by molar-refractivity contribution is 6.42. The number of amides is 2. The van der Waals surface area contributed by atoms with Gasteiger partial charge in [0.2, 0.25) is 11.6 Å². The number of anilines is 2. The van der Waals surface area contributed by atoms with E-state index in [1.54, 1.807) is 24.3 Å². The number of carbonyl (C=O) groups is 3. The molecular formula is C33H32N4O3. The number of urea groups is 1. The van der Waals surface area contributed by atoms with Crippen LogP contribution in [0.15, 0.2) is 109 Å². The maximum absolute atomic E-state index is 14.5. The van der Waals surface area contributed by atoms with E-state index in [-0.39, 0.29) is 32.0 Å². The fourth-order valence-corrected chi connectivity index (χ4v) is 5.26. The summed E-state index contributed by atoms with van der Waals surface area (Å²) in [6, 6.07) is 31.1. The van der Waals surface area contributed by atoms with Gasteiger partial charge in [-0.3, -0.25) is 9.59 Å². The van der Waals surface area contributed by atoms with Gasteiger partial charge >= 0.3 is 6.03 Å². The van der Waals surface area contributed by atoms with Gasteiger partial charge in [0.05, 0.1) is 0 Å². The number of nitrogens with zero attached hydrogens (tertiary/aromatic N) is 2. The first-order valence-electron chi connectivity index (χ1n) is 13.3. The van der Waals surface area contributed by atoms with E-state index in [0.29, 0.717) is 11.4 Å². The zero-order chi connectivity index (χ0) is 28.1. The zero-order valence-corrected chi connectivity index (χ0v) is 22.1. The Morgan fingerprint density at radius 1 is 0.500 bits per heavy atom. The standard InChI is InChI=1S/C33H32N4O3/c34-27-15-7-13-25(17-27)21-36-29(19-23-9-3-1-4-10-23)31(38)32(39)30(20-24-11-5-2-6-12-24)37(33(36)40)22-26-14-8-16-28(35)18-26/h1-18,29-30H,19-22,34-35H2. The van der Waals surface area contributed by atoms with Crippen LogP contribution in [0.1, 0.15) is 22.3 Å². The first-order valence-corrected chi connectivity index (χ1v) is 13.3. The summed E-state index contributed by atoms with van der Waals surface area (Å²) < 4.78 is 0. The fraction of sp³-hybridized carbons (Fsp3) is 0.182. The molecule has 0 radical (unpaired) electrons. The van der Waals surface area contributed by atoms with Gasteiger partial charge in [0.1, 0.15) is 12.1 Å². The lowest BCUT2D eigenvalue weighted by Crippen LogP contribution is -2.49. The van der Waals surface area contributed by atoms with Gasteiger partial charge in [-0.1, -0.05) is 84.9 Å². The molecule has 2 amide bonds. The van der Waals surface area contributed by atoms with Gasteiger partial charge in [0, 0.05) is 37.3 Å². The van der Waals surface area contributed by atoms with Gasteiger partial charge < -0.3 is 21.3 Å². The molecule has 2 atom stereocenters. The molecular weight excluding hydrogens is 500 g/mol. The Labute approximate surface area is 234 Å². The van der Waals surface area contributed by atoms with Gasteiger partial charge in [0.15, 0.2) is 0 Å². The van der Waals surface area contributed by atoms with Crippen molar-refractivity contribution in [3.05, 3.63) is 131 Å². The van der Waals surface area contributed by atoms with Crippen molar-refractivity contribution in [3.8, 4) is 0 Å². The van der Waals surface area contributed by atoms with E-state index in [4.69, 9.17) is 11.5 Å². The van der Waals surface area contributed by atoms with E-state index in [1.165, 1.54) is 9.80 Å². The van der Waals surface area contributed by atoms with Crippen LogP contribution in [0.5, 0.6) is 0 Å². The molecule has 4 aromatic carbocycles. The SMILES string of the molecule is Nc1cccc(CN2C(=O)N(Cc3cccc(N)c3)C(Cc3ccccc3)C(=O)C(=O)C2Cc2ccccc2)c1. The maximum Gasteiger partial charge on any atom is 0.321 e. The van der Waals surface area contributed by atoms with E-state index in [9.17, 15) is 14.4 Å². The normalized spacial score (nSPS) is 17.6. The smallest absolute Gasteiger partial charge is 0.321 e. The highest BCUT2D eigenvalue weighted by atomic mass is 16.2. The minimum atomic E-state index is -0.965. The van der Waals surface area contributed by atoms with Crippen LogP contribution in [-0.2, 0) is 35.5 Å². The number of benzene rings is 4. The zero-order valence-electron chi connectivity index (χ0n) is 22.1. The molecule has 7 nitrogen and oxygen atoms in total. The third-order valence-corrected chi connectivity index (χ3v) is 7.24. The van der Waals surface area contributed by atoms with Crippen molar-refractivity contribution in [2.45, 2.75) is 38.0 Å². The number of rotatable bonds is 8. The Morgan fingerprint density at radius 3 is 1.25 bits per heavy atom. The summed E-state index contributed by atoms with van der Waals surface area (Å²) in [6.07, 6.45) is 0.452. The van der Waals surface area contributed by atoms with E-state index in [1.807, 2.05) is 84.9 Å². The summed E-state index contributed by atoms with van der Waals surface area (Å²) in [5, 5.41) is 0. The minimum absolute atomic E-state index is 0.131. The number of ketones is 2. The van der Waals surface area contributed by atoms with Crippen molar-refractivity contribution in [1.29, 1.82) is 0 Å². The second kappa shape index (κ2) is 11.9. The predicted molar refractivity (Wildman–Crippen MR) is 156 cm³/mol. The largest absolute Gasteiger partial charge is 0.399 e. The molecule has 1 aliphatic heterocycles. The van der Waals surface area contributed by atoms with E-state index < -0.39 is 23.7 Å². The monoisotopic (exact) mass is 532 g/mol. The van der Waals surface area contributed by atoms with E-state index in [2.05, 4.69) is 0 Å². The quantitative estimate of drug-likeness (QED) is 0.254. The number of carbonyl (C=O) groups excluding carboxylic acids is 3. The average molecular weight is 533 g/mol. The molecule has 7 heteroatoms. The summed E-state index contributed by atoms with van der Waals surface area (Å²) >= 11 is 0. The lowest BCUT2D eigenvalue weighted by atomic mass is 9.93. The topological polar surface area (TPSA) is 110 Å². The number of hydrogen-bond acceptors (Lipinski definition) is 5. The Hall–Kier alpha value is -4.91. The van der Waals surface area contributed by atoms with Crippen LogP contribution in [-0.4, -0.2) is 39.5 Å². The van der Waals surface area contributed by atoms with E-state index >= 15 is 0 Å². The van der Waals surface area contributed by atoms with Crippen LogP contribution in [0.2, 0.25) is 0 Å². The summed E-state index contributed by atoms with van der Waals surface area (Å²) in [5.74, 6) is -1.14. The molecule has 0 bridgehead atoms. The summed E-state index contributed by atoms with van der Waals surface area (Å²) in [4.78, 5) is 45.6. The van der Waals surface area contributed by atoms with Crippen LogP contribution in [0, 0.1) is 0 Å². The lowest BCUT2D eigenvalue weighted by Gasteiger charge is -2.34. The molecule has 1 heterocycles. The second-order valence-corrected chi connectivity index (χ2v) is 10.2. The number of nitrogen functional groups attached to an aromatic ring is 2. The average Bonchev–Trinajstić information content (AvgIpc) is 3.02. The molecule has 0 aliphatic carbocycles. The van der Waals surface area contributed by atoms with Crippen LogP contribution < -0.4 is 11.5 Å². The van der Waals surface area contributed by atoms with Gasteiger partial charge in [-0.05, 0) is 46.5 Å². The number of Topliss-reactive ketones (excluding diaryl/α,β-unsaturated/α-hetero) is 2. The molecule has 0 saturated carbocycles. The van der Waals surface area contributed by atoms with Crippen LogP contribution >= 0.6 is 0 Å². The van der Waals surface area contributed by atoms with Crippen molar-refractivity contribution in [3.63, 3.8) is 0 Å². The first kappa shape index (κ1) is 26.7. The predicted octanol–water partition coefficient (Wildman–Crippen LogP) is 4.65. The summed E-state index contributed by atoms with van der Waals surface area (Å²) in [6.45, 7) is 0.262.